The summed E-state index contributed by atoms with van der Waals surface area (Å²) in [5.41, 5.74) is 6.08. The van der Waals surface area contributed by atoms with Crippen LogP contribution in [-0.2, 0) is 39.9 Å². The number of nitrogens with one attached hydrogen (secondary N) is 4. The first-order valence-electron chi connectivity index (χ1n) is 17.5. The Labute approximate surface area is 321 Å². The lowest BCUT2D eigenvalue weighted by atomic mass is 10.0. The molecule has 56 heavy (non-hydrogen) atoms. The normalized spacial score (nSPS) is 13.2. The highest BCUT2D eigenvalue weighted by Gasteiger charge is 2.29. The number of imide groups is 1. The van der Waals surface area contributed by atoms with E-state index in [1.807, 2.05) is 0 Å². The van der Waals surface area contributed by atoms with Crippen molar-refractivity contribution >= 4 is 53.1 Å². The number of amides is 7. The smallest absolute Gasteiger partial charge is 0.449 e. The molecule has 3 rings (SSSR count). The number of nitro benzene ring substituents is 1. The van der Waals surface area contributed by atoms with E-state index in [0.717, 1.165) is 11.0 Å². The van der Waals surface area contributed by atoms with Crippen LogP contribution in [0.5, 0.6) is 5.75 Å². The van der Waals surface area contributed by atoms with Gasteiger partial charge in [-0.3, -0.25) is 39.0 Å². The zero-order valence-corrected chi connectivity index (χ0v) is 30.8. The summed E-state index contributed by atoms with van der Waals surface area (Å²) >= 11 is 0. The van der Waals surface area contributed by atoms with Crippen molar-refractivity contribution in [1.29, 1.82) is 0 Å². The Morgan fingerprint density at radius 1 is 0.911 bits per heavy atom. The molecule has 0 aliphatic carbocycles. The van der Waals surface area contributed by atoms with Crippen molar-refractivity contribution in [3.05, 3.63) is 75.9 Å². The predicted molar refractivity (Wildman–Crippen MR) is 197 cm³/mol. The van der Waals surface area contributed by atoms with Gasteiger partial charge in [0.25, 0.3) is 17.5 Å². The number of non-ortho nitro benzene ring substituents is 1. The highest BCUT2D eigenvalue weighted by molar-refractivity contribution is 6.12. The van der Waals surface area contributed by atoms with Crippen molar-refractivity contribution in [3.63, 3.8) is 0 Å². The number of carbonyl (C=O) groups is 7. The zero-order valence-electron chi connectivity index (χ0n) is 30.8. The lowest BCUT2D eigenvalue weighted by Gasteiger charge is -2.25. The molecule has 0 unspecified atom stereocenters. The van der Waals surface area contributed by atoms with Crippen LogP contribution in [-0.4, -0.2) is 108 Å². The van der Waals surface area contributed by atoms with Crippen LogP contribution in [0.3, 0.4) is 0 Å². The lowest BCUT2D eigenvalue weighted by Crippen LogP contribution is -2.54. The number of primary amides is 1. The third-order valence-electron chi connectivity index (χ3n) is 8.14. The summed E-state index contributed by atoms with van der Waals surface area (Å²) < 4.78 is 15.6. The molecule has 302 valence electrons. The number of anilines is 1. The lowest BCUT2D eigenvalue weighted by molar-refractivity contribution is -0.384. The van der Waals surface area contributed by atoms with E-state index in [2.05, 4.69) is 21.3 Å². The molecule has 2 atom stereocenters. The van der Waals surface area contributed by atoms with Gasteiger partial charge < -0.3 is 46.3 Å². The molecule has 0 spiro atoms. The summed E-state index contributed by atoms with van der Waals surface area (Å²) in [4.78, 5) is 96.7. The zero-order chi connectivity index (χ0) is 41.2. The molecule has 0 fully saturated rings. The van der Waals surface area contributed by atoms with Gasteiger partial charge in [-0.05, 0) is 42.5 Å². The van der Waals surface area contributed by atoms with Crippen LogP contribution in [0.2, 0.25) is 0 Å². The van der Waals surface area contributed by atoms with E-state index in [-0.39, 0.29) is 88.1 Å². The number of nitrogens with zero attached hydrogens (tertiary/aromatic N) is 2. The largest absolute Gasteiger partial charge is 0.511 e. The maximum Gasteiger partial charge on any atom is 0.511 e. The van der Waals surface area contributed by atoms with Crippen molar-refractivity contribution in [3.8, 4) is 5.75 Å². The maximum absolute atomic E-state index is 13.5. The summed E-state index contributed by atoms with van der Waals surface area (Å²) in [5, 5.41) is 30.8. The molecule has 1 heterocycles. The van der Waals surface area contributed by atoms with E-state index in [4.69, 9.17) is 25.1 Å². The van der Waals surface area contributed by atoms with Gasteiger partial charge in [-0.1, -0.05) is 26.0 Å². The molecule has 0 bridgehead atoms. The van der Waals surface area contributed by atoms with Crippen LogP contribution in [0.4, 0.5) is 21.0 Å². The predicted octanol–water partition coefficient (Wildman–Crippen LogP) is 1.60. The molecule has 0 aromatic heterocycles. The van der Waals surface area contributed by atoms with E-state index in [9.17, 15) is 43.7 Å². The molecule has 20 nitrogen and oxygen atoms in total. The van der Waals surface area contributed by atoms with Crippen LogP contribution in [0.15, 0.2) is 54.6 Å². The fourth-order valence-corrected chi connectivity index (χ4v) is 5.29. The van der Waals surface area contributed by atoms with Gasteiger partial charge in [-0.15, -0.1) is 0 Å². The second kappa shape index (κ2) is 22.1. The highest BCUT2D eigenvalue weighted by atomic mass is 16.7. The Kier molecular flexibility index (Phi) is 17.3. The first-order valence-corrected chi connectivity index (χ1v) is 17.5. The summed E-state index contributed by atoms with van der Waals surface area (Å²) in [5.74, 6) is -2.95. The van der Waals surface area contributed by atoms with Gasteiger partial charge in [0, 0.05) is 54.9 Å². The minimum absolute atomic E-state index is 0.0217. The monoisotopic (exact) mass is 783 g/mol. The summed E-state index contributed by atoms with van der Waals surface area (Å²) in [7, 11) is 0. The van der Waals surface area contributed by atoms with Crippen LogP contribution < -0.4 is 31.7 Å². The van der Waals surface area contributed by atoms with E-state index < -0.39 is 58.7 Å². The first kappa shape index (κ1) is 44.0. The van der Waals surface area contributed by atoms with Crippen molar-refractivity contribution in [2.75, 3.05) is 44.8 Å². The van der Waals surface area contributed by atoms with Crippen LogP contribution >= 0.6 is 0 Å². The van der Waals surface area contributed by atoms with Crippen molar-refractivity contribution in [1.82, 2.24) is 20.9 Å². The Morgan fingerprint density at radius 2 is 1.57 bits per heavy atom. The standard InChI is InChI=1S/C36H45N7O13/c1-22(2)32(41-29(44)13-16-54-18-19-55-17-15-42-30(45)11-12-31(42)46)34(48)40-27(4-3-14-38-35(37)49)33(47)39-25-7-5-23(6-8-25)20-24-21-26(43(52)53)9-10-28(24)56-36(50)51/h5-12,21-22,27,32H,3-4,13-20H2,1-2H3,(H,39,47)(H,40,48)(H,41,44)(H,50,51)(H3,37,38,49)/t27-,32-/m0/s1. The number of rotatable bonds is 23. The highest BCUT2D eigenvalue weighted by Crippen LogP contribution is 2.27. The number of nitrogens with two attached hydrogens (primary N) is 1. The third-order valence-corrected chi connectivity index (χ3v) is 8.14. The molecular weight excluding hydrogens is 738 g/mol. The van der Waals surface area contributed by atoms with Gasteiger partial charge in [-0.25, -0.2) is 9.59 Å². The molecular formula is C36H45N7O13. The first-order chi connectivity index (χ1) is 26.6. The average molecular weight is 784 g/mol. The number of urea groups is 1. The van der Waals surface area contributed by atoms with Crippen molar-refractivity contribution < 1.29 is 57.8 Å². The van der Waals surface area contributed by atoms with Gasteiger partial charge in [0.1, 0.15) is 17.8 Å². The fraction of sp³-hybridized carbons (Fsp3) is 0.417. The van der Waals surface area contributed by atoms with Gasteiger partial charge in [0.2, 0.25) is 17.7 Å². The molecule has 1 aliphatic rings. The SMILES string of the molecule is CC(C)[C@H](NC(=O)CCOCCOCCN1C(=O)C=CC1=O)C(=O)N[C@@H](CCCNC(N)=O)C(=O)Nc1ccc(Cc2cc([N+](=O)[O-])ccc2OC(=O)O)cc1. The second-order valence-electron chi connectivity index (χ2n) is 12.7. The number of benzene rings is 2. The minimum atomic E-state index is -1.58. The number of nitro groups is 1. The van der Waals surface area contributed by atoms with E-state index in [1.54, 1.807) is 38.1 Å². The molecule has 0 radical (unpaired) electrons. The van der Waals surface area contributed by atoms with Crippen LogP contribution in [0, 0.1) is 16.0 Å². The molecule has 20 heteroatoms. The summed E-state index contributed by atoms with van der Waals surface area (Å²) in [6.45, 7) is 4.12. The minimum Gasteiger partial charge on any atom is -0.449 e. The average Bonchev–Trinajstić information content (AvgIpc) is 3.46. The number of hydrogen-bond donors (Lipinski definition) is 6. The third kappa shape index (κ3) is 14.8. The Hall–Kier alpha value is -6.41. The van der Waals surface area contributed by atoms with Crippen LogP contribution in [0.1, 0.15) is 44.2 Å². The summed E-state index contributed by atoms with van der Waals surface area (Å²) in [6, 6.07) is 6.99. The van der Waals surface area contributed by atoms with E-state index >= 15 is 0 Å². The Balaban J connectivity index is 1.55. The van der Waals surface area contributed by atoms with Gasteiger partial charge in [0.15, 0.2) is 0 Å². The summed E-state index contributed by atoms with van der Waals surface area (Å²) in [6.07, 6.45) is 1.13. The number of hydrogen-bond acceptors (Lipinski definition) is 12. The Bertz CT molecular complexity index is 1760. The van der Waals surface area contributed by atoms with E-state index in [0.29, 0.717) is 11.3 Å². The molecule has 2 aromatic rings. The molecule has 7 N–H and O–H groups in total. The second-order valence-corrected chi connectivity index (χ2v) is 12.7. The fourth-order valence-electron chi connectivity index (χ4n) is 5.29. The maximum atomic E-state index is 13.5. The molecule has 1 aliphatic heterocycles. The molecule has 7 amide bonds. The number of carboxylic acid groups (broad SMARTS) is 1. The van der Waals surface area contributed by atoms with Crippen molar-refractivity contribution in [2.24, 2.45) is 11.7 Å². The van der Waals surface area contributed by atoms with Crippen molar-refractivity contribution in [2.45, 2.75) is 51.6 Å². The van der Waals surface area contributed by atoms with Gasteiger partial charge in [-0.2, -0.15) is 0 Å². The Morgan fingerprint density at radius 3 is 2.18 bits per heavy atom. The number of ether oxygens (including phenoxy) is 3. The van der Waals surface area contributed by atoms with Gasteiger partial charge in [0.05, 0.1) is 37.9 Å². The quantitative estimate of drug-likeness (QED) is 0.0234. The number of carbonyl (C=O) groups excluding carboxylic acids is 6. The molecule has 2 aromatic carbocycles. The molecule has 0 saturated carbocycles. The topological polar surface area (TPSA) is 288 Å². The van der Waals surface area contributed by atoms with Gasteiger partial charge >= 0.3 is 12.2 Å². The van der Waals surface area contributed by atoms with Crippen LogP contribution in [0.25, 0.3) is 0 Å². The molecule has 0 saturated heterocycles. The van der Waals surface area contributed by atoms with E-state index in [1.165, 1.54) is 24.3 Å².